The van der Waals surface area contributed by atoms with E-state index in [1.165, 1.54) is 23.5 Å². The SMILES string of the molecule is O=C1c2cccc(Sc3ccc(OCCO)cc3)c2C(=O)c2cccc(SCc3ccc(OCCO)cc3)c21. The van der Waals surface area contributed by atoms with Crippen molar-refractivity contribution in [2.75, 3.05) is 26.4 Å². The van der Waals surface area contributed by atoms with Crippen molar-refractivity contribution in [1.29, 1.82) is 0 Å². The van der Waals surface area contributed by atoms with E-state index in [0.29, 0.717) is 39.5 Å². The van der Waals surface area contributed by atoms with Gasteiger partial charge < -0.3 is 19.7 Å². The smallest absolute Gasteiger partial charge is 0.195 e. The molecule has 0 aromatic heterocycles. The van der Waals surface area contributed by atoms with E-state index in [1.54, 1.807) is 12.1 Å². The third-order valence-corrected chi connectivity index (χ3v) is 8.28. The van der Waals surface area contributed by atoms with Gasteiger partial charge in [0.15, 0.2) is 11.6 Å². The minimum Gasteiger partial charge on any atom is -0.491 e. The molecule has 4 aromatic carbocycles. The van der Waals surface area contributed by atoms with E-state index in [9.17, 15) is 9.59 Å². The Labute approximate surface area is 235 Å². The van der Waals surface area contributed by atoms with Crippen LogP contribution in [0.15, 0.2) is 99.6 Å². The molecule has 0 unspecified atom stereocenters. The topological polar surface area (TPSA) is 93.1 Å². The van der Waals surface area contributed by atoms with Crippen LogP contribution in [-0.4, -0.2) is 48.2 Å². The molecular formula is C31H26O6S2. The Morgan fingerprint density at radius 1 is 0.615 bits per heavy atom. The third kappa shape index (κ3) is 6.04. The van der Waals surface area contributed by atoms with Gasteiger partial charge in [-0.2, -0.15) is 0 Å². The average molecular weight is 559 g/mol. The quantitative estimate of drug-likeness (QED) is 0.201. The fourth-order valence-electron chi connectivity index (χ4n) is 4.28. The number of hydrogen-bond acceptors (Lipinski definition) is 8. The van der Waals surface area contributed by atoms with Crippen molar-refractivity contribution in [3.63, 3.8) is 0 Å². The molecule has 198 valence electrons. The number of carbonyl (C=O) groups is 2. The number of carbonyl (C=O) groups excluding carboxylic acids is 2. The number of fused-ring (bicyclic) bond motifs is 2. The number of hydrogen-bond donors (Lipinski definition) is 2. The number of ketones is 2. The molecule has 4 aromatic rings. The summed E-state index contributed by atoms with van der Waals surface area (Å²) in [6.07, 6.45) is 0. The van der Waals surface area contributed by atoms with Gasteiger partial charge in [0.1, 0.15) is 24.7 Å². The molecule has 0 amide bonds. The van der Waals surface area contributed by atoms with Crippen LogP contribution in [0.4, 0.5) is 0 Å². The predicted molar refractivity (Wildman–Crippen MR) is 151 cm³/mol. The molecule has 0 spiro atoms. The van der Waals surface area contributed by atoms with E-state index < -0.39 is 0 Å². The Bertz CT molecular complexity index is 1480. The Morgan fingerprint density at radius 3 is 1.69 bits per heavy atom. The van der Waals surface area contributed by atoms with E-state index >= 15 is 0 Å². The van der Waals surface area contributed by atoms with Gasteiger partial charge in [-0.1, -0.05) is 48.2 Å². The summed E-state index contributed by atoms with van der Waals surface area (Å²) >= 11 is 2.95. The van der Waals surface area contributed by atoms with Crippen LogP contribution < -0.4 is 9.47 Å². The minimum atomic E-state index is -0.154. The molecule has 0 saturated heterocycles. The van der Waals surface area contributed by atoms with Crippen LogP contribution in [0.1, 0.15) is 37.4 Å². The molecule has 0 atom stereocenters. The zero-order chi connectivity index (χ0) is 27.2. The number of ether oxygens (including phenoxy) is 2. The molecule has 0 saturated carbocycles. The lowest BCUT2D eigenvalue weighted by Gasteiger charge is -2.22. The van der Waals surface area contributed by atoms with Gasteiger partial charge in [-0.15, -0.1) is 11.8 Å². The normalized spacial score (nSPS) is 12.2. The first kappa shape index (κ1) is 27.0. The Morgan fingerprint density at radius 2 is 1.13 bits per heavy atom. The molecule has 0 heterocycles. The second-order valence-electron chi connectivity index (χ2n) is 8.67. The second kappa shape index (κ2) is 12.5. The van der Waals surface area contributed by atoms with Crippen molar-refractivity contribution in [2.24, 2.45) is 0 Å². The molecule has 2 N–H and O–H groups in total. The summed E-state index contributed by atoms with van der Waals surface area (Å²) in [4.78, 5) is 29.9. The number of thioether (sulfide) groups is 1. The lowest BCUT2D eigenvalue weighted by molar-refractivity contribution is 0.0974. The van der Waals surface area contributed by atoms with Gasteiger partial charge in [0.25, 0.3) is 0 Å². The standard InChI is InChI=1S/C31H26O6S2/c32-15-17-36-21-9-7-20(8-10-21)19-38-26-5-1-3-24-28(26)30(34)25-4-2-6-27(29(25)31(24)35)39-23-13-11-22(12-14-23)37-18-16-33/h1-14,32-33H,15-19H2. The van der Waals surface area contributed by atoms with Gasteiger partial charge in [0, 0.05) is 42.7 Å². The fourth-order valence-corrected chi connectivity index (χ4v) is 6.30. The summed E-state index contributed by atoms with van der Waals surface area (Å²) in [6, 6.07) is 25.8. The van der Waals surface area contributed by atoms with Crippen LogP contribution in [0, 0.1) is 0 Å². The van der Waals surface area contributed by atoms with Crippen molar-refractivity contribution in [2.45, 2.75) is 20.4 Å². The number of rotatable bonds is 11. The number of aliphatic hydroxyl groups excluding tert-OH is 2. The summed E-state index contributed by atoms with van der Waals surface area (Å²) in [7, 11) is 0. The van der Waals surface area contributed by atoms with Gasteiger partial charge in [0.2, 0.25) is 0 Å². The van der Waals surface area contributed by atoms with E-state index in [-0.39, 0.29) is 38.0 Å². The van der Waals surface area contributed by atoms with Gasteiger partial charge in [-0.3, -0.25) is 9.59 Å². The molecule has 1 aliphatic carbocycles. The fraction of sp³-hybridized carbons (Fsp3) is 0.161. The molecular weight excluding hydrogens is 532 g/mol. The van der Waals surface area contributed by atoms with Crippen LogP contribution >= 0.6 is 23.5 Å². The summed E-state index contributed by atoms with van der Waals surface area (Å²) < 4.78 is 10.8. The Kier molecular flexibility index (Phi) is 8.68. The zero-order valence-electron chi connectivity index (χ0n) is 21.0. The highest BCUT2D eigenvalue weighted by atomic mass is 32.2. The number of aliphatic hydroxyl groups is 2. The molecule has 0 bridgehead atoms. The maximum atomic E-state index is 13.7. The van der Waals surface area contributed by atoms with Crippen molar-refractivity contribution < 1.29 is 29.3 Å². The van der Waals surface area contributed by atoms with Gasteiger partial charge in [0.05, 0.1) is 13.2 Å². The van der Waals surface area contributed by atoms with Gasteiger partial charge >= 0.3 is 0 Å². The first-order valence-corrected chi connectivity index (χ1v) is 14.2. The van der Waals surface area contributed by atoms with Crippen LogP contribution in [-0.2, 0) is 5.75 Å². The van der Waals surface area contributed by atoms with Gasteiger partial charge in [-0.05, 0) is 54.1 Å². The lowest BCUT2D eigenvalue weighted by atomic mass is 9.84. The lowest BCUT2D eigenvalue weighted by Crippen LogP contribution is -2.22. The summed E-state index contributed by atoms with van der Waals surface area (Å²) in [5.74, 6) is 1.66. The number of benzene rings is 4. The van der Waals surface area contributed by atoms with Crippen LogP contribution in [0.2, 0.25) is 0 Å². The zero-order valence-corrected chi connectivity index (χ0v) is 22.6. The highest BCUT2D eigenvalue weighted by Gasteiger charge is 2.33. The summed E-state index contributed by atoms with van der Waals surface area (Å²) in [6.45, 7) is 0.372. The Balaban J connectivity index is 1.37. The predicted octanol–water partition coefficient (Wildman–Crippen LogP) is 5.65. The van der Waals surface area contributed by atoms with Crippen LogP contribution in [0.5, 0.6) is 11.5 Å². The van der Waals surface area contributed by atoms with Gasteiger partial charge in [-0.25, -0.2) is 0 Å². The van der Waals surface area contributed by atoms with Crippen molar-refractivity contribution in [3.8, 4) is 11.5 Å². The molecule has 0 fully saturated rings. The molecule has 1 aliphatic rings. The van der Waals surface area contributed by atoms with Crippen LogP contribution in [0.3, 0.4) is 0 Å². The monoisotopic (exact) mass is 558 g/mol. The first-order valence-electron chi connectivity index (χ1n) is 12.4. The highest BCUT2D eigenvalue weighted by Crippen LogP contribution is 2.40. The molecule has 0 radical (unpaired) electrons. The Hall–Kier alpha value is -3.56. The molecule has 0 aliphatic heterocycles. The second-order valence-corrected chi connectivity index (χ2v) is 10.8. The molecule has 39 heavy (non-hydrogen) atoms. The maximum absolute atomic E-state index is 13.7. The summed E-state index contributed by atoms with van der Waals surface area (Å²) in [5, 5.41) is 17.9. The highest BCUT2D eigenvalue weighted by molar-refractivity contribution is 7.99. The molecule has 6 nitrogen and oxygen atoms in total. The van der Waals surface area contributed by atoms with Crippen molar-refractivity contribution in [1.82, 2.24) is 0 Å². The third-order valence-electron chi connectivity index (χ3n) is 6.09. The van der Waals surface area contributed by atoms with Crippen LogP contribution in [0.25, 0.3) is 0 Å². The minimum absolute atomic E-state index is 0.0403. The van der Waals surface area contributed by atoms with Crippen molar-refractivity contribution in [3.05, 3.63) is 113 Å². The van der Waals surface area contributed by atoms with E-state index in [0.717, 1.165) is 20.2 Å². The average Bonchev–Trinajstić information content (AvgIpc) is 2.97. The van der Waals surface area contributed by atoms with E-state index in [1.807, 2.05) is 72.8 Å². The largest absolute Gasteiger partial charge is 0.491 e. The van der Waals surface area contributed by atoms with E-state index in [4.69, 9.17) is 19.7 Å². The summed E-state index contributed by atoms with van der Waals surface area (Å²) in [5.41, 5.74) is 2.77. The first-order chi connectivity index (χ1) is 19.1. The molecule has 5 rings (SSSR count). The molecule has 8 heteroatoms. The van der Waals surface area contributed by atoms with E-state index in [2.05, 4.69) is 0 Å². The van der Waals surface area contributed by atoms with Crippen molar-refractivity contribution >= 4 is 35.1 Å². The maximum Gasteiger partial charge on any atom is 0.195 e.